The Bertz CT molecular complexity index is 324. The molecule has 0 bridgehead atoms. The molecule has 64 valence electrons. The number of allylic oxidation sites excluding steroid dienone is 3. The molecule has 0 fully saturated rings. The molecule has 0 spiro atoms. The Kier molecular flexibility index (Phi) is 2.36. The fraction of sp³-hybridized carbons (Fsp3) is 0.375. The Morgan fingerprint density at radius 1 is 1.67 bits per heavy atom. The molecule has 1 unspecified atom stereocenters. The quantitative estimate of drug-likeness (QED) is 0.456. The fourth-order valence-corrected chi connectivity index (χ4v) is 1.36. The summed E-state index contributed by atoms with van der Waals surface area (Å²) < 4.78 is 0. The first kappa shape index (κ1) is 9.04. The summed E-state index contributed by atoms with van der Waals surface area (Å²) in [6, 6.07) is 0. The maximum atomic E-state index is 9.27. The molecule has 1 aliphatic rings. The molecule has 3 nitrogen and oxygen atoms in total. The van der Waals surface area contributed by atoms with Gasteiger partial charge in [0.25, 0.3) is 0 Å². The van der Waals surface area contributed by atoms with E-state index >= 15 is 0 Å². The Labute approximate surface area is 75.6 Å². The summed E-state index contributed by atoms with van der Waals surface area (Å²) in [6.07, 6.45) is 1.55. The first-order valence-electron chi connectivity index (χ1n) is 3.57. The van der Waals surface area contributed by atoms with E-state index in [2.05, 4.69) is 4.79 Å². The van der Waals surface area contributed by atoms with Crippen molar-refractivity contribution in [2.45, 2.75) is 13.8 Å². The summed E-state index contributed by atoms with van der Waals surface area (Å²) in [6.45, 7) is 3.52. The standard InChI is InChI=1S/C8H9ClN2O/c1-4-3-6(12)7(9)5(2)8(4)11-10/h3-4,12H,1-2H3. The van der Waals surface area contributed by atoms with Gasteiger partial charge in [0.2, 0.25) is 0 Å². The molecular weight excluding hydrogens is 176 g/mol. The first-order chi connectivity index (χ1) is 5.57. The van der Waals surface area contributed by atoms with Gasteiger partial charge in [0.05, 0.1) is 16.5 Å². The first-order valence-corrected chi connectivity index (χ1v) is 3.95. The van der Waals surface area contributed by atoms with Crippen LogP contribution in [0.3, 0.4) is 0 Å². The molecule has 0 aromatic heterocycles. The van der Waals surface area contributed by atoms with Gasteiger partial charge in [-0.15, -0.1) is 0 Å². The Hall–Kier alpha value is -1.05. The monoisotopic (exact) mass is 184 g/mol. The molecule has 4 heteroatoms. The molecular formula is C8H9ClN2O. The van der Waals surface area contributed by atoms with Crippen LogP contribution in [0.15, 0.2) is 22.4 Å². The normalized spacial score (nSPS) is 23.8. The summed E-state index contributed by atoms with van der Waals surface area (Å²) in [7, 11) is 0. The second kappa shape index (κ2) is 3.13. The maximum absolute atomic E-state index is 9.27. The lowest BCUT2D eigenvalue weighted by atomic mass is 9.93. The number of aliphatic hydroxyl groups excluding tert-OH is 1. The largest absolute Gasteiger partial charge is 0.507 e. The Morgan fingerprint density at radius 3 is 2.75 bits per heavy atom. The van der Waals surface area contributed by atoms with Crippen LogP contribution in [0.1, 0.15) is 13.8 Å². The van der Waals surface area contributed by atoms with Crippen LogP contribution in [0.2, 0.25) is 0 Å². The highest BCUT2D eigenvalue weighted by Gasteiger charge is 2.27. The summed E-state index contributed by atoms with van der Waals surface area (Å²) in [5.41, 5.74) is 9.74. The van der Waals surface area contributed by atoms with E-state index in [0.717, 1.165) is 0 Å². The Balaban J connectivity index is 3.26. The molecule has 0 aromatic carbocycles. The van der Waals surface area contributed by atoms with Gasteiger partial charge in [-0.05, 0) is 19.9 Å². The van der Waals surface area contributed by atoms with E-state index < -0.39 is 0 Å². The van der Waals surface area contributed by atoms with Crippen molar-refractivity contribution in [2.75, 3.05) is 0 Å². The van der Waals surface area contributed by atoms with Crippen LogP contribution in [-0.4, -0.2) is 15.6 Å². The average molecular weight is 185 g/mol. The summed E-state index contributed by atoms with van der Waals surface area (Å²) in [5, 5.41) is 9.52. The number of halogens is 1. The molecule has 0 saturated carbocycles. The van der Waals surface area contributed by atoms with E-state index in [-0.39, 0.29) is 16.7 Å². The molecule has 0 radical (unpaired) electrons. The van der Waals surface area contributed by atoms with Crippen molar-refractivity contribution in [1.29, 1.82) is 0 Å². The van der Waals surface area contributed by atoms with Crippen molar-refractivity contribution in [3.8, 4) is 0 Å². The van der Waals surface area contributed by atoms with Crippen LogP contribution in [0, 0.1) is 5.92 Å². The topological polar surface area (TPSA) is 56.6 Å². The van der Waals surface area contributed by atoms with E-state index in [1.807, 2.05) is 6.92 Å². The molecule has 0 aromatic rings. The van der Waals surface area contributed by atoms with Gasteiger partial charge in [-0.1, -0.05) is 11.6 Å². The predicted molar refractivity (Wildman–Crippen MR) is 47.1 cm³/mol. The zero-order valence-corrected chi connectivity index (χ0v) is 7.63. The number of nitrogens with zero attached hydrogens (tertiary/aromatic N) is 2. The smallest absolute Gasteiger partial charge is 0.303 e. The average Bonchev–Trinajstić information content (AvgIpc) is 2.01. The molecule has 0 saturated heterocycles. The van der Waals surface area contributed by atoms with Crippen molar-refractivity contribution >= 4 is 17.3 Å². The van der Waals surface area contributed by atoms with Crippen LogP contribution in [0.5, 0.6) is 0 Å². The molecule has 0 heterocycles. The van der Waals surface area contributed by atoms with Crippen LogP contribution in [0.25, 0.3) is 5.53 Å². The van der Waals surface area contributed by atoms with Crippen molar-refractivity contribution in [2.24, 2.45) is 5.92 Å². The summed E-state index contributed by atoms with van der Waals surface area (Å²) >= 11 is 5.73. The minimum atomic E-state index is -0.0995. The van der Waals surface area contributed by atoms with Gasteiger partial charge in [0, 0.05) is 0 Å². The molecule has 0 amide bonds. The van der Waals surface area contributed by atoms with Crippen LogP contribution >= 0.6 is 11.6 Å². The van der Waals surface area contributed by atoms with Gasteiger partial charge in [0.15, 0.2) is 0 Å². The number of aliphatic hydroxyl groups is 1. The lowest BCUT2D eigenvalue weighted by Gasteiger charge is -2.11. The third kappa shape index (κ3) is 1.29. The molecule has 1 atom stereocenters. The number of hydrogen-bond acceptors (Lipinski definition) is 1. The zero-order valence-electron chi connectivity index (χ0n) is 6.87. The van der Waals surface area contributed by atoms with E-state index in [4.69, 9.17) is 17.1 Å². The SMILES string of the molecule is CC1=C(Cl)C(O)=CC(C)C1=[N+]=[N-]. The van der Waals surface area contributed by atoms with E-state index in [1.165, 1.54) is 0 Å². The zero-order chi connectivity index (χ0) is 9.30. The summed E-state index contributed by atoms with van der Waals surface area (Å²) in [4.78, 5) is 3.11. The van der Waals surface area contributed by atoms with Gasteiger partial charge in [-0.3, -0.25) is 0 Å². The van der Waals surface area contributed by atoms with Gasteiger partial charge >= 0.3 is 5.71 Å². The van der Waals surface area contributed by atoms with Crippen LogP contribution in [-0.2, 0) is 0 Å². The summed E-state index contributed by atoms with van der Waals surface area (Å²) in [5.74, 6) is -0.0495. The van der Waals surface area contributed by atoms with E-state index in [0.29, 0.717) is 11.3 Å². The van der Waals surface area contributed by atoms with Crippen molar-refractivity contribution < 1.29 is 9.90 Å². The minimum absolute atomic E-state index is 0.0501. The fourth-order valence-electron chi connectivity index (χ4n) is 1.20. The van der Waals surface area contributed by atoms with Gasteiger partial charge in [0.1, 0.15) is 5.76 Å². The second-order valence-electron chi connectivity index (χ2n) is 2.76. The van der Waals surface area contributed by atoms with Crippen molar-refractivity contribution in [1.82, 2.24) is 0 Å². The maximum Gasteiger partial charge on any atom is 0.303 e. The number of rotatable bonds is 0. The number of hydrogen-bond donors (Lipinski definition) is 1. The molecule has 1 N–H and O–H groups in total. The van der Waals surface area contributed by atoms with Gasteiger partial charge in [-0.25, -0.2) is 0 Å². The third-order valence-corrected chi connectivity index (χ3v) is 2.36. The molecule has 1 rings (SSSR count). The van der Waals surface area contributed by atoms with E-state index in [9.17, 15) is 5.11 Å². The van der Waals surface area contributed by atoms with Crippen LogP contribution < -0.4 is 0 Å². The molecule has 12 heavy (non-hydrogen) atoms. The van der Waals surface area contributed by atoms with Crippen molar-refractivity contribution in [3.63, 3.8) is 0 Å². The van der Waals surface area contributed by atoms with E-state index in [1.54, 1.807) is 13.0 Å². The molecule has 1 aliphatic carbocycles. The molecule has 0 aliphatic heterocycles. The highest BCUT2D eigenvalue weighted by Crippen LogP contribution is 2.26. The van der Waals surface area contributed by atoms with Crippen LogP contribution in [0.4, 0.5) is 0 Å². The predicted octanol–water partition coefficient (Wildman–Crippen LogP) is 2.26. The second-order valence-corrected chi connectivity index (χ2v) is 3.14. The van der Waals surface area contributed by atoms with Crippen molar-refractivity contribution in [3.05, 3.63) is 28.0 Å². The van der Waals surface area contributed by atoms with Gasteiger partial charge in [-0.2, -0.15) is 4.79 Å². The third-order valence-electron chi connectivity index (χ3n) is 1.89. The lowest BCUT2D eigenvalue weighted by Crippen LogP contribution is -2.17. The Morgan fingerprint density at radius 2 is 2.25 bits per heavy atom. The van der Waals surface area contributed by atoms with Gasteiger partial charge < -0.3 is 10.6 Å². The highest BCUT2D eigenvalue weighted by molar-refractivity contribution is 6.34. The minimum Gasteiger partial charge on any atom is -0.507 e. The highest BCUT2D eigenvalue weighted by atomic mass is 35.5. The lowest BCUT2D eigenvalue weighted by molar-refractivity contribution is -0.00994.